The van der Waals surface area contributed by atoms with E-state index in [-0.39, 0.29) is 18.2 Å². The van der Waals surface area contributed by atoms with Gasteiger partial charge in [0.2, 0.25) is 0 Å². The fourth-order valence-electron chi connectivity index (χ4n) is 4.95. The van der Waals surface area contributed by atoms with Gasteiger partial charge in [0, 0.05) is 6.42 Å². The zero-order valence-corrected chi connectivity index (χ0v) is 23.8. The first-order valence-corrected chi connectivity index (χ1v) is 13.8. The SMILES string of the molecule is CCCc1nc2c(N)ncnc2n1[C@@H]1O[C@H](CO)[C@@H](O)[C@H]1O.Nc1ncnc2c1nc(Br)n2[C@@H]1O[C@H](CO)[C@@H](O)[C@H]1O. The maximum absolute atomic E-state index is 10.2. The third kappa shape index (κ3) is 5.16. The van der Waals surface area contributed by atoms with Gasteiger partial charge in [-0.1, -0.05) is 6.92 Å². The molecule has 0 radical (unpaired) electrons. The van der Waals surface area contributed by atoms with Gasteiger partial charge >= 0.3 is 0 Å². The van der Waals surface area contributed by atoms with Gasteiger partial charge in [-0.3, -0.25) is 9.13 Å². The molecule has 2 aliphatic rings. The van der Waals surface area contributed by atoms with Crippen molar-refractivity contribution < 1.29 is 40.1 Å². The molecule has 0 aromatic carbocycles. The highest BCUT2D eigenvalue weighted by Crippen LogP contribution is 2.35. The number of nitrogens with two attached hydrogens (primary N) is 2. The topological polar surface area (TPSA) is 279 Å². The Hall–Kier alpha value is -3.14. The highest BCUT2D eigenvalue weighted by molar-refractivity contribution is 9.10. The number of aryl methyl sites for hydroxylation is 1. The zero-order valence-electron chi connectivity index (χ0n) is 22.2. The Bertz CT molecular complexity index is 1550. The standard InChI is InChI=1S/C13H19N5O4.C10H12BrN5O4/c1-2-3-7-17-8-11(14)15-5-16-12(8)18(7)13-10(21)9(20)6(4-19)22-13;11-10-15-4-7(12)13-2-14-8(4)16(10)9-6(19)5(18)3(1-17)20-9/h5-6,9-10,13,19-21H,2-4H2,1H3,(H2,14,15,16);2-3,5-6,9,17-19H,1H2,(H2,12,13,14)/t6-,9-,10-,13-;3-,5-,6-,9-/m11/s1. The average molecular weight is 655 g/mol. The van der Waals surface area contributed by atoms with Gasteiger partial charge in [0.15, 0.2) is 51.2 Å². The number of ether oxygens (including phenoxy) is 2. The summed E-state index contributed by atoms with van der Waals surface area (Å²) in [6.07, 6.45) is -4.31. The van der Waals surface area contributed by atoms with Crippen molar-refractivity contribution in [1.29, 1.82) is 0 Å². The number of aliphatic hydroxyl groups is 6. The molecule has 18 nitrogen and oxygen atoms in total. The summed E-state index contributed by atoms with van der Waals surface area (Å²) in [4.78, 5) is 24.6. The largest absolute Gasteiger partial charge is 0.394 e. The van der Waals surface area contributed by atoms with Crippen LogP contribution in [0.1, 0.15) is 31.6 Å². The van der Waals surface area contributed by atoms with Crippen molar-refractivity contribution in [3.05, 3.63) is 23.2 Å². The van der Waals surface area contributed by atoms with E-state index in [1.807, 2.05) is 6.92 Å². The molecule has 0 amide bonds. The molecule has 19 heteroatoms. The van der Waals surface area contributed by atoms with Crippen LogP contribution in [0.25, 0.3) is 22.3 Å². The molecular formula is C23H31BrN10O8. The molecule has 2 saturated heterocycles. The van der Waals surface area contributed by atoms with Crippen LogP contribution in [0, 0.1) is 0 Å². The molecule has 2 aliphatic heterocycles. The van der Waals surface area contributed by atoms with Crippen molar-refractivity contribution in [2.45, 2.75) is 68.8 Å². The molecule has 4 aromatic rings. The van der Waals surface area contributed by atoms with Crippen molar-refractivity contribution in [2.24, 2.45) is 0 Å². The minimum Gasteiger partial charge on any atom is -0.394 e. The van der Waals surface area contributed by atoms with Gasteiger partial charge in [0.25, 0.3) is 0 Å². The smallest absolute Gasteiger partial charge is 0.181 e. The predicted molar refractivity (Wildman–Crippen MR) is 147 cm³/mol. The van der Waals surface area contributed by atoms with Crippen LogP contribution in [0.15, 0.2) is 17.4 Å². The van der Waals surface area contributed by atoms with Crippen molar-refractivity contribution in [3.63, 3.8) is 0 Å². The molecule has 0 spiro atoms. The average Bonchev–Trinajstić information content (AvgIpc) is 3.68. The molecule has 228 valence electrons. The lowest BCUT2D eigenvalue weighted by molar-refractivity contribution is -0.0522. The van der Waals surface area contributed by atoms with Crippen LogP contribution in [0.3, 0.4) is 0 Å². The molecule has 42 heavy (non-hydrogen) atoms. The van der Waals surface area contributed by atoms with E-state index >= 15 is 0 Å². The molecule has 0 saturated carbocycles. The quantitative estimate of drug-likeness (QED) is 0.102. The van der Waals surface area contributed by atoms with E-state index in [1.54, 1.807) is 4.57 Å². The monoisotopic (exact) mass is 654 g/mol. The molecule has 0 bridgehead atoms. The first-order valence-electron chi connectivity index (χ1n) is 13.0. The highest BCUT2D eigenvalue weighted by atomic mass is 79.9. The Morgan fingerprint density at radius 2 is 1.24 bits per heavy atom. The van der Waals surface area contributed by atoms with Crippen LogP contribution in [-0.4, -0.2) is 120 Å². The third-order valence-electron chi connectivity index (χ3n) is 7.06. The van der Waals surface area contributed by atoms with Crippen molar-refractivity contribution in [3.8, 4) is 0 Å². The molecule has 10 N–H and O–H groups in total. The summed E-state index contributed by atoms with van der Waals surface area (Å²) >= 11 is 3.24. The maximum atomic E-state index is 10.2. The number of nitrogen functional groups attached to an aromatic ring is 2. The lowest BCUT2D eigenvalue weighted by Crippen LogP contribution is -2.33. The van der Waals surface area contributed by atoms with Crippen LogP contribution >= 0.6 is 15.9 Å². The Balaban J connectivity index is 0.000000169. The molecule has 6 rings (SSSR count). The predicted octanol–water partition coefficient (Wildman–Crippen LogP) is -2.24. The maximum Gasteiger partial charge on any atom is 0.181 e. The van der Waals surface area contributed by atoms with Crippen LogP contribution in [0.5, 0.6) is 0 Å². The summed E-state index contributed by atoms with van der Waals surface area (Å²) < 4.78 is 14.4. The number of halogens is 1. The third-order valence-corrected chi connectivity index (χ3v) is 7.62. The first kappa shape index (κ1) is 30.3. The number of anilines is 2. The molecule has 0 unspecified atom stereocenters. The van der Waals surface area contributed by atoms with E-state index in [0.717, 1.165) is 6.42 Å². The normalized spacial score (nSPS) is 29.3. The van der Waals surface area contributed by atoms with Gasteiger partial charge in [0.1, 0.15) is 55.1 Å². The Morgan fingerprint density at radius 1 is 0.762 bits per heavy atom. The number of imidazole rings is 2. The number of hydrogen-bond acceptors (Lipinski definition) is 16. The molecule has 8 atom stereocenters. The lowest BCUT2D eigenvalue weighted by atomic mass is 10.1. The summed E-state index contributed by atoms with van der Waals surface area (Å²) in [6.45, 7) is 1.20. The number of aliphatic hydroxyl groups excluding tert-OH is 6. The Kier molecular flexibility index (Phi) is 8.83. The lowest BCUT2D eigenvalue weighted by Gasteiger charge is -2.19. The molecule has 4 aromatic heterocycles. The van der Waals surface area contributed by atoms with E-state index in [1.165, 1.54) is 17.2 Å². The Labute approximate surface area is 245 Å². The van der Waals surface area contributed by atoms with Crippen LogP contribution in [-0.2, 0) is 15.9 Å². The molecule has 2 fully saturated rings. The van der Waals surface area contributed by atoms with Crippen LogP contribution in [0.2, 0.25) is 0 Å². The minimum absolute atomic E-state index is 0.196. The second-order valence-corrected chi connectivity index (χ2v) is 10.4. The fraction of sp³-hybridized carbons (Fsp3) is 0.565. The fourth-order valence-corrected chi connectivity index (χ4v) is 5.50. The Morgan fingerprint density at radius 3 is 1.71 bits per heavy atom. The van der Waals surface area contributed by atoms with Gasteiger partial charge < -0.3 is 51.6 Å². The van der Waals surface area contributed by atoms with E-state index in [2.05, 4.69) is 45.8 Å². The number of rotatable bonds is 6. The summed E-state index contributed by atoms with van der Waals surface area (Å²) in [6, 6.07) is 0. The summed E-state index contributed by atoms with van der Waals surface area (Å²) in [5, 5.41) is 58.4. The van der Waals surface area contributed by atoms with Crippen molar-refractivity contribution in [1.82, 2.24) is 39.0 Å². The summed E-state index contributed by atoms with van der Waals surface area (Å²) in [7, 11) is 0. The van der Waals surface area contributed by atoms with Crippen molar-refractivity contribution >= 4 is 49.9 Å². The van der Waals surface area contributed by atoms with E-state index in [4.69, 9.17) is 26.0 Å². The van der Waals surface area contributed by atoms with Crippen LogP contribution in [0.4, 0.5) is 11.6 Å². The van der Waals surface area contributed by atoms with Gasteiger partial charge in [0.05, 0.1) is 13.2 Å². The second-order valence-electron chi connectivity index (χ2n) is 9.72. The second kappa shape index (κ2) is 12.2. The number of aromatic nitrogens is 8. The minimum atomic E-state index is -1.22. The van der Waals surface area contributed by atoms with Crippen molar-refractivity contribution in [2.75, 3.05) is 24.7 Å². The number of fused-ring (bicyclic) bond motifs is 2. The summed E-state index contributed by atoms with van der Waals surface area (Å²) in [5.41, 5.74) is 13.1. The van der Waals surface area contributed by atoms with Gasteiger partial charge in [-0.05, 0) is 22.4 Å². The van der Waals surface area contributed by atoms with Gasteiger partial charge in [-0.2, -0.15) is 0 Å². The van der Waals surface area contributed by atoms with Crippen LogP contribution < -0.4 is 11.5 Å². The number of hydrogen-bond donors (Lipinski definition) is 8. The molecular weight excluding hydrogens is 624 g/mol. The highest BCUT2D eigenvalue weighted by Gasteiger charge is 2.46. The molecule has 0 aliphatic carbocycles. The zero-order chi connectivity index (χ0) is 30.3. The van der Waals surface area contributed by atoms with E-state index < -0.39 is 55.7 Å². The van der Waals surface area contributed by atoms with E-state index in [0.29, 0.717) is 39.3 Å². The summed E-state index contributed by atoms with van der Waals surface area (Å²) in [5.74, 6) is 1.08. The number of nitrogens with zero attached hydrogens (tertiary/aromatic N) is 8. The molecule has 6 heterocycles. The first-order chi connectivity index (χ1) is 20.1. The van der Waals surface area contributed by atoms with Gasteiger partial charge in [-0.15, -0.1) is 0 Å². The van der Waals surface area contributed by atoms with Gasteiger partial charge in [-0.25, -0.2) is 29.9 Å². The van der Waals surface area contributed by atoms with E-state index in [9.17, 15) is 25.5 Å².